The molecule has 0 atom stereocenters. The van der Waals surface area contributed by atoms with Crippen LogP contribution in [0.1, 0.15) is 15.9 Å². The van der Waals surface area contributed by atoms with Crippen LogP contribution < -0.4 is 15.4 Å². The highest BCUT2D eigenvalue weighted by molar-refractivity contribution is 6.06. The largest absolute Gasteiger partial charge is 0.438 e. The Hall–Kier alpha value is -3.67. The van der Waals surface area contributed by atoms with Crippen molar-refractivity contribution in [2.24, 2.45) is 0 Å². The van der Waals surface area contributed by atoms with Crippen LogP contribution in [0.4, 0.5) is 11.4 Å². The molecule has 0 bridgehead atoms. The number of para-hydroxylation sites is 1. The number of pyridine rings is 1. The first-order chi connectivity index (χ1) is 12.7. The normalized spacial score (nSPS) is 12.2. The van der Waals surface area contributed by atoms with Gasteiger partial charge in [0, 0.05) is 17.6 Å². The molecule has 1 aromatic heterocycles. The molecule has 2 N–H and O–H groups in total. The van der Waals surface area contributed by atoms with Crippen LogP contribution in [-0.4, -0.2) is 16.8 Å². The van der Waals surface area contributed by atoms with Crippen molar-refractivity contribution in [3.05, 3.63) is 78.0 Å². The fraction of sp³-hybridized carbons (Fsp3) is 0.0500. The number of hydrogen-bond acceptors (Lipinski definition) is 4. The first-order valence-electron chi connectivity index (χ1n) is 8.11. The maximum atomic E-state index is 12.7. The van der Waals surface area contributed by atoms with Gasteiger partial charge in [0.25, 0.3) is 5.91 Å². The van der Waals surface area contributed by atoms with Gasteiger partial charge in [0.1, 0.15) is 11.3 Å². The summed E-state index contributed by atoms with van der Waals surface area (Å²) in [6.07, 6.45) is 1.88. The smallest absolute Gasteiger partial charge is 0.261 e. The Morgan fingerprint density at radius 3 is 2.77 bits per heavy atom. The third-order valence-electron chi connectivity index (χ3n) is 3.96. The fourth-order valence-electron chi connectivity index (χ4n) is 2.75. The van der Waals surface area contributed by atoms with E-state index in [4.69, 9.17) is 4.74 Å². The Balaban J connectivity index is 1.56. The average molecular weight is 345 g/mol. The third-order valence-corrected chi connectivity index (χ3v) is 3.96. The summed E-state index contributed by atoms with van der Waals surface area (Å²) in [7, 11) is 0. The second-order valence-corrected chi connectivity index (χ2v) is 5.82. The lowest BCUT2D eigenvalue weighted by atomic mass is 10.1. The molecule has 0 fully saturated rings. The summed E-state index contributed by atoms with van der Waals surface area (Å²) >= 11 is 0. The summed E-state index contributed by atoms with van der Waals surface area (Å²) in [5, 5.41) is 5.60. The Morgan fingerprint density at radius 1 is 1.08 bits per heavy atom. The summed E-state index contributed by atoms with van der Waals surface area (Å²) in [4.78, 5) is 28.3. The fourth-order valence-corrected chi connectivity index (χ4v) is 2.75. The number of hydrogen-bond donors (Lipinski definition) is 2. The molecule has 2 heterocycles. The van der Waals surface area contributed by atoms with Crippen LogP contribution in [0.5, 0.6) is 11.6 Å². The molecule has 0 aliphatic carbocycles. The van der Waals surface area contributed by atoms with Gasteiger partial charge < -0.3 is 15.4 Å². The molecule has 1 aliphatic rings. The molecule has 1 aliphatic heterocycles. The third kappa shape index (κ3) is 3.25. The molecule has 3 aromatic rings. The number of anilines is 2. The molecule has 0 unspecified atom stereocenters. The van der Waals surface area contributed by atoms with Crippen molar-refractivity contribution in [1.29, 1.82) is 0 Å². The molecular weight excluding hydrogens is 330 g/mol. The van der Waals surface area contributed by atoms with E-state index in [1.807, 2.05) is 18.2 Å². The SMILES string of the molecule is O=C1Cc2cc(NC(=O)c3cccnc3Oc3ccccc3)ccc2N1. The Kier molecular flexibility index (Phi) is 4.07. The quantitative estimate of drug-likeness (QED) is 0.757. The highest BCUT2D eigenvalue weighted by atomic mass is 16.5. The zero-order valence-electron chi connectivity index (χ0n) is 13.7. The number of rotatable bonds is 4. The van der Waals surface area contributed by atoms with Gasteiger partial charge in [-0.25, -0.2) is 4.98 Å². The van der Waals surface area contributed by atoms with Gasteiger partial charge in [-0.2, -0.15) is 0 Å². The van der Waals surface area contributed by atoms with Gasteiger partial charge in [-0.15, -0.1) is 0 Å². The van der Waals surface area contributed by atoms with E-state index in [9.17, 15) is 9.59 Å². The molecule has 26 heavy (non-hydrogen) atoms. The van der Waals surface area contributed by atoms with Crippen LogP contribution in [0.2, 0.25) is 0 Å². The van der Waals surface area contributed by atoms with Gasteiger partial charge in [-0.05, 0) is 48.0 Å². The molecule has 2 amide bonds. The number of carbonyl (C=O) groups excluding carboxylic acids is 2. The molecule has 4 rings (SSSR count). The number of amides is 2. The lowest BCUT2D eigenvalue weighted by Crippen LogP contribution is -2.13. The number of aromatic nitrogens is 1. The van der Waals surface area contributed by atoms with E-state index in [0.717, 1.165) is 11.3 Å². The predicted octanol–water partition coefficient (Wildman–Crippen LogP) is 3.62. The van der Waals surface area contributed by atoms with Gasteiger partial charge in [0.05, 0.1) is 6.42 Å². The number of carbonyl (C=O) groups is 2. The van der Waals surface area contributed by atoms with Crippen molar-refractivity contribution in [3.8, 4) is 11.6 Å². The van der Waals surface area contributed by atoms with E-state index < -0.39 is 0 Å². The average Bonchev–Trinajstić information content (AvgIpc) is 3.02. The summed E-state index contributed by atoms with van der Waals surface area (Å²) in [5.41, 5.74) is 2.58. The van der Waals surface area contributed by atoms with E-state index in [1.54, 1.807) is 48.7 Å². The summed E-state index contributed by atoms with van der Waals surface area (Å²) < 4.78 is 5.73. The second kappa shape index (κ2) is 6.68. The molecule has 6 heteroatoms. The number of nitrogens with one attached hydrogen (secondary N) is 2. The van der Waals surface area contributed by atoms with Crippen LogP contribution in [0, 0.1) is 0 Å². The van der Waals surface area contributed by atoms with Crippen molar-refractivity contribution < 1.29 is 14.3 Å². The van der Waals surface area contributed by atoms with Gasteiger partial charge in [0.2, 0.25) is 11.8 Å². The Morgan fingerprint density at radius 2 is 1.92 bits per heavy atom. The monoisotopic (exact) mass is 345 g/mol. The molecule has 0 spiro atoms. The maximum Gasteiger partial charge on any atom is 0.261 e. The number of fused-ring (bicyclic) bond motifs is 1. The maximum absolute atomic E-state index is 12.7. The summed E-state index contributed by atoms with van der Waals surface area (Å²) in [6.45, 7) is 0. The van der Waals surface area contributed by atoms with E-state index in [0.29, 0.717) is 23.4 Å². The van der Waals surface area contributed by atoms with Crippen LogP contribution in [-0.2, 0) is 11.2 Å². The molecule has 2 aromatic carbocycles. The van der Waals surface area contributed by atoms with E-state index in [2.05, 4.69) is 15.6 Å². The van der Waals surface area contributed by atoms with E-state index in [-0.39, 0.29) is 17.7 Å². The van der Waals surface area contributed by atoms with Gasteiger partial charge in [-0.1, -0.05) is 18.2 Å². The van der Waals surface area contributed by atoms with Crippen LogP contribution in [0.15, 0.2) is 66.9 Å². The highest BCUT2D eigenvalue weighted by Crippen LogP contribution is 2.27. The Bertz CT molecular complexity index is 987. The molecular formula is C20H15N3O3. The van der Waals surface area contributed by atoms with E-state index >= 15 is 0 Å². The van der Waals surface area contributed by atoms with Crippen LogP contribution >= 0.6 is 0 Å². The van der Waals surface area contributed by atoms with Crippen molar-refractivity contribution in [1.82, 2.24) is 4.98 Å². The molecule has 128 valence electrons. The summed E-state index contributed by atoms with van der Waals surface area (Å²) in [5.74, 6) is 0.451. The number of ether oxygens (including phenoxy) is 1. The zero-order valence-corrected chi connectivity index (χ0v) is 13.7. The first kappa shape index (κ1) is 15.8. The first-order valence-corrected chi connectivity index (χ1v) is 8.11. The lowest BCUT2D eigenvalue weighted by Gasteiger charge is -2.11. The highest BCUT2D eigenvalue weighted by Gasteiger charge is 2.19. The topological polar surface area (TPSA) is 80.3 Å². The minimum atomic E-state index is -0.332. The molecule has 6 nitrogen and oxygen atoms in total. The molecule has 0 saturated carbocycles. The van der Waals surface area contributed by atoms with Gasteiger partial charge in [-0.3, -0.25) is 9.59 Å². The van der Waals surface area contributed by atoms with E-state index in [1.165, 1.54) is 0 Å². The molecule has 0 saturated heterocycles. The zero-order chi connectivity index (χ0) is 17.9. The van der Waals surface area contributed by atoms with Crippen molar-refractivity contribution in [2.45, 2.75) is 6.42 Å². The standard InChI is InChI=1S/C20H15N3O3/c24-18-12-13-11-14(8-9-17(13)23-18)22-19(25)16-7-4-10-21-20(16)26-15-5-2-1-3-6-15/h1-11H,12H2,(H,22,25)(H,23,24). The molecule has 0 radical (unpaired) electrons. The van der Waals surface area contributed by atoms with Crippen molar-refractivity contribution in [2.75, 3.05) is 10.6 Å². The number of nitrogens with zero attached hydrogens (tertiary/aromatic N) is 1. The van der Waals surface area contributed by atoms with Crippen molar-refractivity contribution in [3.63, 3.8) is 0 Å². The van der Waals surface area contributed by atoms with Crippen molar-refractivity contribution >= 4 is 23.2 Å². The van der Waals surface area contributed by atoms with Gasteiger partial charge in [0.15, 0.2) is 0 Å². The second-order valence-electron chi connectivity index (χ2n) is 5.82. The van der Waals surface area contributed by atoms with Crippen LogP contribution in [0.3, 0.4) is 0 Å². The minimum Gasteiger partial charge on any atom is -0.438 e. The number of benzene rings is 2. The minimum absolute atomic E-state index is 0.0470. The Labute approximate surface area is 149 Å². The van der Waals surface area contributed by atoms with Crippen LogP contribution in [0.25, 0.3) is 0 Å². The lowest BCUT2D eigenvalue weighted by molar-refractivity contribution is -0.115. The van der Waals surface area contributed by atoms with Gasteiger partial charge >= 0.3 is 0 Å². The summed E-state index contributed by atoms with van der Waals surface area (Å²) in [6, 6.07) is 17.8. The predicted molar refractivity (Wildman–Crippen MR) is 97.5 cm³/mol.